The molecule has 1 heterocycles. The second kappa shape index (κ2) is 10.3. The summed E-state index contributed by atoms with van der Waals surface area (Å²) in [6.07, 6.45) is 2.91. The summed E-state index contributed by atoms with van der Waals surface area (Å²) < 4.78 is 11.1. The van der Waals surface area contributed by atoms with Crippen LogP contribution < -0.4 is 10.1 Å². The Morgan fingerprint density at radius 3 is 2.32 bits per heavy atom. The van der Waals surface area contributed by atoms with Gasteiger partial charge in [0, 0.05) is 6.04 Å². The zero-order valence-electron chi connectivity index (χ0n) is 18.5. The minimum Gasteiger partial charge on any atom is -0.497 e. The third-order valence-corrected chi connectivity index (χ3v) is 5.46. The van der Waals surface area contributed by atoms with E-state index in [4.69, 9.17) is 9.47 Å². The number of carbonyl (C=O) groups excluding carboxylic acids is 1. The fourth-order valence-corrected chi connectivity index (χ4v) is 4.12. The number of hydrogen-bond donors (Lipinski definition) is 1. The van der Waals surface area contributed by atoms with Gasteiger partial charge < -0.3 is 14.8 Å². The molecule has 0 bridgehead atoms. The zero-order chi connectivity index (χ0) is 20.7. The van der Waals surface area contributed by atoms with Crippen LogP contribution in [0, 0.1) is 5.92 Å². The van der Waals surface area contributed by atoms with E-state index in [1.807, 2.05) is 32.9 Å². The largest absolute Gasteiger partial charge is 0.497 e. The van der Waals surface area contributed by atoms with Crippen LogP contribution in [0.1, 0.15) is 53.0 Å². The van der Waals surface area contributed by atoms with Crippen LogP contribution in [0.15, 0.2) is 24.3 Å². The molecule has 1 aromatic carbocycles. The Labute approximate surface area is 170 Å². The highest BCUT2D eigenvalue weighted by atomic mass is 16.6. The van der Waals surface area contributed by atoms with Crippen molar-refractivity contribution in [1.29, 1.82) is 0 Å². The van der Waals surface area contributed by atoms with Crippen LogP contribution in [0.4, 0.5) is 0 Å². The first-order chi connectivity index (χ1) is 13.2. The molecule has 1 fully saturated rings. The maximum absolute atomic E-state index is 13.2. The molecule has 2 unspecified atom stereocenters. The van der Waals surface area contributed by atoms with E-state index in [9.17, 15) is 4.79 Å². The van der Waals surface area contributed by atoms with Gasteiger partial charge >= 0.3 is 5.97 Å². The second-order valence-electron chi connectivity index (χ2n) is 8.80. The van der Waals surface area contributed by atoms with E-state index < -0.39 is 5.60 Å². The molecule has 28 heavy (non-hydrogen) atoms. The second-order valence-corrected chi connectivity index (χ2v) is 8.80. The van der Waals surface area contributed by atoms with E-state index in [1.165, 1.54) is 5.56 Å². The third-order valence-electron chi connectivity index (χ3n) is 5.46. The maximum Gasteiger partial charge on any atom is 0.324 e. The number of nitrogens with one attached hydrogen (secondary N) is 1. The lowest BCUT2D eigenvalue weighted by Crippen LogP contribution is -2.54. The van der Waals surface area contributed by atoms with Crippen molar-refractivity contribution < 1.29 is 14.3 Å². The Kier molecular flexibility index (Phi) is 8.32. The predicted molar refractivity (Wildman–Crippen MR) is 114 cm³/mol. The molecular formula is C23H38N2O3. The number of ether oxygens (including phenoxy) is 2. The molecule has 0 radical (unpaired) electrons. The lowest BCUT2D eigenvalue weighted by Gasteiger charge is -2.41. The van der Waals surface area contributed by atoms with E-state index >= 15 is 0 Å². The normalized spacial score (nSPS) is 18.0. The summed E-state index contributed by atoms with van der Waals surface area (Å²) in [4.78, 5) is 15.5. The molecule has 0 spiro atoms. The van der Waals surface area contributed by atoms with Crippen LogP contribution in [-0.2, 0) is 16.0 Å². The van der Waals surface area contributed by atoms with Crippen molar-refractivity contribution in [2.75, 3.05) is 26.7 Å². The van der Waals surface area contributed by atoms with E-state index in [2.05, 4.69) is 36.2 Å². The van der Waals surface area contributed by atoms with Crippen molar-refractivity contribution in [3.8, 4) is 5.75 Å². The van der Waals surface area contributed by atoms with Crippen LogP contribution in [-0.4, -0.2) is 55.3 Å². The van der Waals surface area contributed by atoms with Gasteiger partial charge in [0.25, 0.3) is 0 Å². The molecule has 0 amide bonds. The summed E-state index contributed by atoms with van der Waals surface area (Å²) in [6, 6.07) is 8.25. The van der Waals surface area contributed by atoms with Crippen LogP contribution in [0.25, 0.3) is 0 Å². The van der Waals surface area contributed by atoms with Gasteiger partial charge in [0.1, 0.15) is 17.4 Å². The predicted octanol–water partition coefficient (Wildman–Crippen LogP) is 3.66. The highest BCUT2D eigenvalue weighted by Crippen LogP contribution is 2.27. The van der Waals surface area contributed by atoms with Gasteiger partial charge in [-0.05, 0) is 90.2 Å². The van der Waals surface area contributed by atoms with E-state index in [-0.39, 0.29) is 18.1 Å². The molecule has 1 aliphatic rings. The van der Waals surface area contributed by atoms with Crippen LogP contribution in [0.2, 0.25) is 0 Å². The topological polar surface area (TPSA) is 50.8 Å². The molecule has 0 saturated carbocycles. The Hall–Kier alpha value is -1.59. The number of piperidine rings is 1. The summed E-state index contributed by atoms with van der Waals surface area (Å²) in [5.74, 6) is 1.11. The van der Waals surface area contributed by atoms with Crippen molar-refractivity contribution in [3.63, 3.8) is 0 Å². The molecule has 2 atom stereocenters. The molecule has 5 heteroatoms. The summed E-state index contributed by atoms with van der Waals surface area (Å²) in [5.41, 5.74) is 0.779. The molecule has 1 aliphatic heterocycles. The Morgan fingerprint density at radius 2 is 1.82 bits per heavy atom. The Morgan fingerprint density at radius 1 is 1.21 bits per heavy atom. The average Bonchev–Trinajstić information content (AvgIpc) is 2.65. The third kappa shape index (κ3) is 6.49. The number of carbonyl (C=O) groups is 1. The number of esters is 1. The molecular weight excluding hydrogens is 352 g/mol. The quantitative estimate of drug-likeness (QED) is 0.687. The zero-order valence-corrected chi connectivity index (χ0v) is 18.5. The molecule has 2 rings (SSSR count). The lowest BCUT2D eigenvalue weighted by molar-refractivity contribution is -0.165. The number of benzene rings is 1. The van der Waals surface area contributed by atoms with Gasteiger partial charge in [-0.2, -0.15) is 0 Å². The maximum atomic E-state index is 13.2. The van der Waals surface area contributed by atoms with Crippen LogP contribution >= 0.6 is 0 Å². The van der Waals surface area contributed by atoms with Gasteiger partial charge in [0.2, 0.25) is 0 Å². The molecule has 5 nitrogen and oxygen atoms in total. The highest BCUT2D eigenvalue weighted by Gasteiger charge is 2.38. The minimum atomic E-state index is -0.471. The SMILES string of the molecule is CCN(C(C)Cc1ccc(OC)cc1)C(C(=O)OC(C)(C)C)C1CCNCC1. The van der Waals surface area contributed by atoms with Gasteiger partial charge in [-0.15, -0.1) is 0 Å². The van der Waals surface area contributed by atoms with Crippen LogP contribution in [0.5, 0.6) is 5.75 Å². The summed E-state index contributed by atoms with van der Waals surface area (Å²) >= 11 is 0. The van der Waals surface area contributed by atoms with Crippen molar-refractivity contribution in [2.24, 2.45) is 5.92 Å². The molecule has 158 valence electrons. The smallest absolute Gasteiger partial charge is 0.324 e. The Bertz CT molecular complexity index is 603. The van der Waals surface area contributed by atoms with Crippen molar-refractivity contribution in [1.82, 2.24) is 10.2 Å². The number of likely N-dealkylation sites (N-methyl/N-ethyl adjacent to an activating group) is 1. The number of methoxy groups -OCH3 is 1. The van der Waals surface area contributed by atoms with Crippen molar-refractivity contribution in [2.45, 2.75) is 71.6 Å². The van der Waals surface area contributed by atoms with Crippen molar-refractivity contribution in [3.05, 3.63) is 29.8 Å². The molecule has 1 saturated heterocycles. The standard InChI is InChI=1S/C23H38N2O3/c1-7-25(17(2)16-18-8-10-20(27-6)11-9-18)21(19-12-14-24-15-13-19)22(26)28-23(3,4)5/h8-11,17,19,21,24H,7,12-16H2,1-6H3. The minimum absolute atomic E-state index is 0.0807. The average molecular weight is 391 g/mol. The highest BCUT2D eigenvalue weighted by molar-refractivity contribution is 5.76. The first-order valence-electron chi connectivity index (χ1n) is 10.6. The monoisotopic (exact) mass is 390 g/mol. The molecule has 0 aromatic heterocycles. The summed E-state index contributed by atoms with van der Waals surface area (Å²) in [7, 11) is 1.68. The Balaban J connectivity index is 2.19. The van der Waals surface area contributed by atoms with E-state index in [0.717, 1.165) is 44.6 Å². The lowest BCUT2D eigenvalue weighted by atomic mass is 9.87. The van der Waals surface area contributed by atoms with Gasteiger partial charge in [-0.1, -0.05) is 19.1 Å². The number of nitrogens with zero attached hydrogens (tertiary/aromatic N) is 1. The van der Waals surface area contributed by atoms with Crippen molar-refractivity contribution >= 4 is 5.97 Å². The first-order valence-corrected chi connectivity index (χ1v) is 10.6. The van der Waals surface area contributed by atoms with Gasteiger partial charge in [0.15, 0.2) is 0 Å². The number of hydrogen-bond acceptors (Lipinski definition) is 5. The number of rotatable bonds is 8. The molecule has 1 N–H and O–H groups in total. The summed E-state index contributed by atoms with van der Waals surface area (Å²) in [6.45, 7) is 13.0. The van der Waals surface area contributed by atoms with E-state index in [0.29, 0.717) is 5.92 Å². The fraction of sp³-hybridized carbons (Fsp3) is 0.696. The molecule has 0 aliphatic carbocycles. The first kappa shape index (κ1) is 22.7. The van der Waals surface area contributed by atoms with Gasteiger partial charge in [0.05, 0.1) is 7.11 Å². The summed E-state index contributed by atoms with van der Waals surface area (Å²) in [5, 5.41) is 3.41. The van der Waals surface area contributed by atoms with Gasteiger partial charge in [-0.25, -0.2) is 0 Å². The van der Waals surface area contributed by atoms with Crippen LogP contribution in [0.3, 0.4) is 0 Å². The fourth-order valence-electron chi connectivity index (χ4n) is 4.12. The van der Waals surface area contributed by atoms with Gasteiger partial charge in [-0.3, -0.25) is 9.69 Å². The molecule has 1 aromatic rings. The van der Waals surface area contributed by atoms with E-state index in [1.54, 1.807) is 7.11 Å².